The number of fused-ring (bicyclic) bond motifs is 1. The van der Waals surface area contributed by atoms with Crippen LogP contribution in [0.5, 0.6) is 0 Å². The summed E-state index contributed by atoms with van der Waals surface area (Å²) in [7, 11) is 0. The predicted molar refractivity (Wildman–Crippen MR) is 75.6 cm³/mol. The highest BCUT2D eigenvalue weighted by atomic mass is 35.5. The van der Waals surface area contributed by atoms with Crippen molar-refractivity contribution in [3.8, 4) is 11.4 Å². The molecule has 0 atom stereocenters. The molecule has 100 valence electrons. The zero-order valence-corrected chi connectivity index (χ0v) is 11.1. The summed E-state index contributed by atoms with van der Waals surface area (Å²) in [5.41, 5.74) is 1.96. The zero-order chi connectivity index (χ0) is 14.1. The van der Waals surface area contributed by atoms with Crippen molar-refractivity contribution >= 4 is 28.7 Å². The van der Waals surface area contributed by atoms with Gasteiger partial charge in [-0.3, -0.25) is 9.36 Å². The van der Waals surface area contributed by atoms with Crippen molar-refractivity contribution in [2.75, 3.05) is 0 Å². The standard InChI is InChI=1S/C14H10ClN3O2/c15-10-4-1-3-9(7-10)13-17-11-5-2-6-16-14(11)18(13)8-12(19)20/h1-7H,8H2,(H,19,20). The van der Waals surface area contributed by atoms with Crippen LogP contribution in [0.3, 0.4) is 0 Å². The van der Waals surface area contributed by atoms with Gasteiger partial charge in [0.1, 0.15) is 17.9 Å². The second-order valence-electron chi connectivity index (χ2n) is 4.27. The van der Waals surface area contributed by atoms with Gasteiger partial charge in [0.05, 0.1) is 0 Å². The zero-order valence-electron chi connectivity index (χ0n) is 10.3. The molecule has 0 spiro atoms. The molecule has 6 heteroatoms. The van der Waals surface area contributed by atoms with Crippen LogP contribution in [-0.4, -0.2) is 25.6 Å². The Morgan fingerprint density at radius 1 is 1.30 bits per heavy atom. The minimum atomic E-state index is -0.946. The lowest BCUT2D eigenvalue weighted by atomic mass is 10.2. The van der Waals surface area contributed by atoms with E-state index in [0.717, 1.165) is 5.56 Å². The Balaban J connectivity index is 2.26. The number of carbonyl (C=O) groups is 1. The third-order valence-corrected chi connectivity index (χ3v) is 3.12. The van der Waals surface area contributed by atoms with Gasteiger partial charge < -0.3 is 5.11 Å². The number of hydrogen-bond acceptors (Lipinski definition) is 3. The Hall–Kier alpha value is -2.40. The van der Waals surface area contributed by atoms with Gasteiger partial charge in [0.25, 0.3) is 0 Å². The molecule has 0 fully saturated rings. The molecule has 0 aliphatic heterocycles. The van der Waals surface area contributed by atoms with Gasteiger partial charge in [-0.05, 0) is 24.3 Å². The molecule has 2 aromatic heterocycles. The fraction of sp³-hybridized carbons (Fsp3) is 0.0714. The van der Waals surface area contributed by atoms with Crippen molar-refractivity contribution in [2.24, 2.45) is 0 Å². The minimum absolute atomic E-state index is 0.199. The molecule has 1 aromatic carbocycles. The fourth-order valence-electron chi connectivity index (χ4n) is 2.09. The lowest BCUT2D eigenvalue weighted by molar-refractivity contribution is -0.137. The van der Waals surface area contributed by atoms with Gasteiger partial charge in [-0.15, -0.1) is 0 Å². The first-order valence-corrected chi connectivity index (χ1v) is 6.32. The Morgan fingerprint density at radius 3 is 2.90 bits per heavy atom. The SMILES string of the molecule is O=C(O)Cn1c(-c2cccc(Cl)c2)nc2cccnc21. The molecule has 20 heavy (non-hydrogen) atoms. The third-order valence-electron chi connectivity index (χ3n) is 2.88. The minimum Gasteiger partial charge on any atom is -0.480 e. The number of rotatable bonds is 3. The highest BCUT2D eigenvalue weighted by Crippen LogP contribution is 2.25. The number of hydrogen-bond donors (Lipinski definition) is 1. The van der Waals surface area contributed by atoms with Crippen LogP contribution in [0, 0.1) is 0 Å². The summed E-state index contributed by atoms with van der Waals surface area (Å²) in [4.78, 5) is 19.7. The Morgan fingerprint density at radius 2 is 2.15 bits per heavy atom. The number of carboxylic acid groups (broad SMARTS) is 1. The summed E-state index contributed by atoms with van der Waals surface area (Å²) in [6, 6.07) is 10.7. The van der Waals surface area contributed by atoms with Gasteiger partial charge in [-0.25, -0.2) is 9.97 Å². The topological polar surface area (TPSA) is 68.0 Å². The number of aromatic nitrogens is 3. The van der Waals surface area contributed by atoms with E-state index in [-0.39, 0.29) is 6.54 Å². The maximum absolute atomic E-state index is 11.1. The van der Waals surface area contributed by atoms with E-state index in [9.17, 15) is 4.79 Å². The van der Waals surface area contributed by atoms with E-state index < -0.39 is 5.97 Å². The smallest absolute Gasteiger partial charge is 0.323 e. The number of imidazole rings is 1. The molecule has 2 heterocycles. The normalized spacial score (nSPS) is 10.8. The average molecular weight is 288 g/mol. The van der Waals surface area contributed by atoms with Crippen molar-refractivity contribution in [3.05, 3.63) is 47.6 Å². The van der Waals surface area contributed by atoms with Crippen molar-refractivity contribution in [3.63, 3.8) is 0 Å². The lowest BCUT2D eigenvalue weighted by Crippen LogP contribution is -2.10. The summed E-state index contributed by atoms with van der Waals surface area (Å²) in [6.07, 6.45) is 1.62. The van der Waals surface area contributed by atoms with E-state index in [4.69, 9.17) is 16.7 Å². The van der Waals surface area contributed by atoms with Gasteiger partial charge in [0.15, 0.2) is 5.65 Å². The van der Waals surface area contributed by atoms with E-state index in [0.29, 0.717) is 22.0 Å². The van der Waals surface area contributed by atoms with Crippen molar-refractivity contribution in [1.82, 2.24) is 14.5 Å². The van der Waals surface area contributed by atoms with E-state index in [1.54, 1.807) is 41.1 Å². The van der Waals surface area contributed by atoms with Crippen LogP contribution in [0.15, 0.2) is 42.6 Å². The van der Waals surface area contributed by atoms with Gasteiger partial charge in [-0.1, -0.05) is 23.7 Å². The van der Waals surface area contributed by atoms with Crippen LogP contribution in [0.1, 0.15) is 0 Å². The molecule has 0 radical (unpaired) electrons. The highest BCUT2D eigenvalue weighted by molar-refractivity contribution is 6.30. The number of carboxylic acids is 1. The van der Waals surface area contributed by atoms with Gasteiger partial charge in [0, 0.05) is 16.8 Å². The third kappa shape index (κ3) is 2.23. The maximum Gasteiger partial charge on any atom is 0.323 e. The van der Waals surface area contributed by atoms with Crippen LogP contribution in [-0.2, 0) is 11.3 Å². The van der Waals surface area contributed by atoms with Crippen molar-refractivity contribution in [1.29, 1.82) is 0 Å². The van der Waals surface area contributed by atoms with Crippen molar-refractivity contribution in [2.45, 2.75) is 6.54 Å². The molecule has 5 nitrogen and oxygen atoms in total. The molecule has 0 aliphatic carbocycles. The molecule has 0 bridgehead atoms. The van der Waals surface area contributed by atoms with Gasteiger partial charge in [0.2, 0.25) is 0 Å². The number of pyridine rings is 1. The Bertz CT molecular complexity index is 798. The molecular formula is C14H10ClN3O2. The summed E-state index contributed by atoms with van der Waals surface area (Å²) in [5, 5.41) is 9.64. The Labute approximate surface area is 119 Å². The van der Waals surface area contributed by atoms with Gasteiger partial charge in [-0.2, -0.15) is 0 Å². The van der Waals surface area contributed by atoms with E-state index in [1.807, 2.05) is 6.07 Å². The fourth-order valence-corrected chi connectivity index (χ4v) is 2.28. The van der Waals surface area contributed by atoms with E-state index >= 15 is 0 Å². The van der Waals surface area contributed by atoms with Gasteiger partial charge >= 0.3 is 5.97 Å². The predicted octanol–water partition coefficient (Wildman–Crippen LogP) is 2.84. The quantitative estimate of drug-likeness (QED) is 0.804. The first kappa shape index (κ1) is 12.6. The van der Waals surface area contributed by atoms with Crippen LogP contribution in [0.2, 0.25) is 5.02 Å². The number of nitrogens with zero attached hydrogens (tertiary/aromatic N) is 3. The number of halogens is 1. The summed E-state index contributed by atoms with van der Waals surface area (Å²) in [6.45, 7) is -0.199. The second-order valence-corrected chi connectivity index (χ2v) is 4.71. The average Bonchev–Trinajstić information content (AvgIpc) is 2.77. The molecule has 3 aromatic rings. The first-order chi connectivity index (χ1) is 9.65. The highest BCUT2D eigenvalue weighted by Gasteiger charge is 2.15. The molecule has 1 N–H and O–H groups in total. The molecule has 0 amide bonds. The largest absolute Gasteiger partial charge is 0.480 e. The molecule has 0 saturated carbocycles. The summed E-state index contributed by atoms with van der Waals surface area (Å²) in [5.74, 6) is -0.401. The number of benzene rings is 1. The molecule has 0 aliphatic rings. The van der Waals surface area contributed by atoms with Crippen LogP contribution in [0.25, 0.3) is 22.6 Å². The first-order valence-electron chi connectivity index (χ1n) is 5.94. The van der Waals surface area contributed by atoms with Crippen molar-refractivity contribution < 1.29 is 9.90 Å². The van der Waals surface area contributed by atoms with E-state index in [2.05, 4.69) is 9.97 Å². The number of aliphatic carboxylic acids is 1. The molecular weight excluding hydrogens is 278 g/mol. The van der Waals surface area contributed by atoms with Crippen LogP contribution in [0.4, 0.5) is 0 Å². The lowest BCUT2D eigenvalue weighted by Gasteiger charge is -2.06. The van der Waals surface area contributed by atoms with E-state index in [1.165, 1.54) is 0 Å². The second kappa shape index (κ2) is 4.94. The summed E-state index contributed by atoms with van der Waals surface area (Å²) >= 11 is 5.98. The van der Waals surface area contributed by atoms with Crippen LogP contribution < -0.4 is 0 Å². The van der Waals surface area contributed by atoms with Crippen LogP contribution >= 0.6 is 11.6 Å². The Kier molecular flexibility index (Phi) is 3.12. The summed E-state index contributed by atoms with van der Waals surface area (Å²) < 4.78 is 1.57. The molecule has 3 rings (SSSR count). The maximum atomic E-state index is 11.1. The monoisotopic (exact) mass is 287 g/mol. The molecule has 0 saturated heterocycles. The molecule has 0 unspecified atom stereocenters.